The van der Waals surface area contributed by atoms with Crippen LogP contribution in [0.1, 0.15) is 43.2 Å². The number of fused-ring (bicyclic) bond motifs is 1. The molecule has 0 N–H and O–H groups in total. The lowest BCUT2D eigenvalue weighted by atomic mass is 9.84. The molecule has 0 bridgehead atoms. The Labute approximate surface area is 143 Å². The van der Waals surface area contributed by atoms with Gasteiger partial charge in [0.1, 0.15) is 0 Å². The van der Waals surface area contributed by atoms with E-state index in [9.17, 15) is 13.2 Å². The monoisotopic (exact) mass is 348 g/mol. The molecule has 0 aromatic heterocycles. The Bertz CT molecular complexity index is 750. The van der Waals surface area contributed by atoms with Gasteiger partial charge < -0.3 is 4.90 Å². The Kier molecular flexibility index (Phi) is 4.12. The van der Waals surface area contributed by atoms with Crippen LogP contribution in [0.4, 0.5) is 0 Å². The molecule has 24 heavy (non-hydrogen) atoms. The molecule has 2 fully saturated rings. The van der Waals surface area contributed by atoms with Crippen molar-refractivity contribution >= 4 is 15.9 Å². The van der Waals surface area contributed by atoms with E-state index in [0.717, 1.165) is 50.6 Å². The van der Waals surface area contributed by atoms with Crippen LogP contribution in [-0.2, 0) is 27.8 Å². The number of hydrogen-bond acceptors (Lipinski definition) is 3. The zero-order chi connectivity index (χ0) is 16.7. The lowest BCUT2D eigenvalue weighted by Gasteiger charge is -2.35. The topological polar surface area (TPSA) is 57.7 Å². The van der Waals surface area contributed by atoms with Gasteiger partial charge in [-0.2, -0.15) is 4.31 Å². The van der Waals surface area contributed by atoms with E-state index in [1.165, 1.54) is 5.56 Å². The molecule has 4 rings (SSSR count). The maximum atomic E-state index is 12.7. The van der Waals surface area contributed by atoms with Crippen molar-refractivity contribution in [3.8, 4) is 0 Å². The van der Waals surface area contributed by atoms with Gasteiger partial charge in [0.05, 0.1) is 4.90 Å². The lowest BCUT2D eigenvalue weighted by molar-refractivity contribution is -0.139. The minimum absolute atomic E-state index is 0.197. The van der Waals surface area contributed by atoms with Crippen molar-refractivity contribution in [3.63, 3.8) is 0 Å². The fraction of sp³-hybridized carbons (Fsp3) is 0.611. The van der Waals surface area contributed by atoms with Crippen LogP contribution in [0.15, 0.2) is 23.1 Å². The van der Waals surface area contributed by atoms with E-state index < -0.39 is 10.0 Å². The molecule has 0 spiro atoms. The smallest absolute Gasteiger partial charge is 0.243 e. The molecule has 5 nitrogen and oxygen atoms in total. The summed E-state index contributed by atoms with van der Waals surface area (Å²) in [6.07, 6.45) is 5.86. The van der Waals surface area contributed by atoms with Crippen LogP contribution < -0.4 is 0 Å². The molecule has 0 atom stereocenters. The van der Waals surface area contributed by atoms with E-state index in [0.29, 0.717) is 24.5 Å². The van der Waals surface area contributed by atoms with Crippen LogP contribution in [0.2, 0.25) is 0 Å². The van der Waals surface area contributed by atoms with Crippen molar-refractivity contribution in [1.82, 2.24) is 9.21 Å². The van der Waals surface area contributed by atoms with Crippen molar-refractivity contribution in [2.24, 2.45) is 5.92 Å². The molecule has 0 unspecified atom stereocenters. The molecule has 2 aliphatic heterocycles. The molecule has 130 valence electrons. The first-order valence-corrected chi connectivity index (χ1v) is 10.4. The number of rotatable bonds is 3. The standard InChI is InChI=1S/C18H24N2O3S/c21-18(15-4-3-5-15)19-11-8-14-6-7-17(12-16(14)13-19)24(22,23)20-9-1-2-10-20/h6-7,12,15H,1-5,8-11,13H2. The summed E-state index contributed by atoms with van der Waals surface area (Å²) in [5.41, 5.74) is 2.17. The molecule has 1 amide bonds. The van der Waals surface area contributed by atoms with Gasteiger partial charge in [0, 0.05) is 32.1 Å². The van der Waals surface area contributed by atoms with Gasteiger partial charge in [-0.3, -0.25) is 4.79 Å². The number of carbonyl (C=O) groups is 1. The highest BCUT2D eigenvalue weighted by Gasteiger charge is 2.32. The second-order valence-corrected chi connectivity index (χ2v) is 9.12. The molecule has 1 saturated heterocycles. The van der Waals surface area contributed by atoms with E-state index in [-0.39, 0.29) is 11.8 Å². The Morgan fingerprint density at radius 1 is 1.00 bits per heavy atom. The van der Waals surface area contributed by atoms with E-state index in [1.807, 2.05) is 11.0 Å². The second-order valence-electron chi connectivity index (χ2n) is 7.18. The summed E-state index contributed by atoms with van der Waals surface area (Å²) in [6, 6.07) is 5.46. The number of amides is 1. The third kappa shape index (κ3) is 2.75. The Morgan fingerprint density at radius 2 is 1.75 bits per heavy atom. The van der Waals surface area contributed by atoms with Crippen LogP contribution in [0.25, 0.3) is 0 Å². The first-order chi connectivity index (χ1) is 11.6. The zero-order valence-corrected chi connectivity index (χ0v) is 14.7. The first-order valence-electron chi connectivity index (χ1n) is 8.96. The minimum atomic E-state index is -3.39. The average Bonchev–Trinajstić information content (AvgIpc) is 3.07. The molecule has 2 heterocycles. The highest BCUT2D eigenvalue weighted by atomic mass is 32.2. The summed E-state index contributed by atoms with van der Waals surface area (Å²) in [4.78, 5) is 14.8. The summed E-state index contributed by atoms with van der Waals surface area (Å²) < 4.78 is 27.1. The molecular formula is C18H24N2O3S. The Morgan fingerprint density at radius 3 is 2.42 bits per heavy atom. The fourth-order valence-electron chi connectivity index (χ4n) is 3.87. The van der Waals surface area contributed by atoms with Gasteiger partial charge in [-0.1, -0.05) is 12.5 Å². The number of nitrogens with zero attached hydrogens (tertiary/aromatic N) is 2. The van der Waals surface area contributed by atoms with Gasteiger partial charge in [-0.05, 0) is 55.4 Å². The molecular weight excluding hydrogens is 324 g/mol. The molecule has 1 aliphatic carbocycles. The quantitative estimate of drug-likeness (QED) is 0.841. The van der Waals surface area contributed by atoms with Crippen molar-refractivity contribution in [2.75, 3.05) is 19.6 Å². The molecule has 1 aromatic carbocycles. The van der Waals surface area contributed by atoms with Crippen molar-refractivity contribution in [3.05, 3.63) is 29.3 Å². The maximum Gasteiger partial charge on any atom is 0.243 e. The fourth-order valence-corrected chi connectivity index (χ4v) is 5.44. The molecule has 3 aliphatic rings. The number of hydrogen-bond donors (Lipinski definition) is 0. The van der Waals surface area contributed by atoms with Crippen molar-refractivity contribution in [2.45, 2.75) is 50.0 Å². The summed E-state index contributed by atoms with van der Waals surface area (Å²) in [6.45, 7) is 2.53. The summed E-state index contributed by atoms with van der Waals surface area (Å²) in [7, 11) is -3.39. The summed E-state index contributed by atoms with van der Waals surface area (Å²) in [5.74, 6) is 0.447. The number of sulfonamides is 1. The average molecular weight is 348 g/mol. The van der Waals surface area contributed by atoms with Gasteiger partial charge >= 0.3 is 0 Å². The van der Waals surface area contributed by atoms with E-state index in [2.05, 4.69) is 0 Å². The molecule has 0 radical (unpaired) electrons. The highest BCUT2D eigenvalue weighted by Crippen LogP contribution is 2.31. The Hall–Kier alpha value is -1.40. The highest BCUT2D eigenvalue weighted by molar-refractivity contribution is 7.89. The van der Waals surface area contributed by atoms with Crippen molar-refractivity contribution < 1.29 is 13.2 Å². The third-order valence-electron chi connectivity index (χ3n) is 5.66. The number of carbonyl (C=O) groups excluding carboxylic acids is 1. The van der Waals surface area contributed by atoms with Crippen molar-refractivity contribution in [1.29, 1.82) is 0 Å². The Balaban J connectivity index is 1.57. The van der Waals surface area contributed by atoms with Crippen LogP contribution in [0, 0.1) is 5.92 Å². The van der Waals surface area contributed by atoms with Crippen LogP contribution in [0.3, 0.4) is 0 Å². The minimum Gasteiger partial charge on any atom is -0.338 e. The van der Waals surface area contributed by atoms with Crippen LogP contribution in [0.5, 0.6) is 0 Å². The molecule has 6 heteroatoms. The van der Waals surface area contributed by atoms with Gasteiger partial charge in [0.15, 0.2) is 0 Å². The van der Waals surface area contributed by atoms with Crippen LogP contribution in [-0.4, -0.2) is 43.2 Å². The number of benzene rings is 1. The van der Waals surface area contributed by atoms with Crippen LogP contribution >= 0.6 is 0 Å². The third-order valence-corrected chi connectivity index (χ3v) is 7.55. The SMILES string of the molecule is O=C(C1CCC1)N1CCc2ccc(S(=O)(=O)N3CCCC3)cc2C1. The summed E-state index contributed by atoms with van der Waals surface area (Å²) >= 11 is 0. The zero-order valence-electron chi connectivity index (χ0n) is 13.9. The predicted octanol–water partition coefficient (Wildman–Crippen LogP) is 2.16. The summed E-state index contributed by atoms with van der Waals surface area (Å²) in [5, 5.41) is 0. The second kappa shape index (κ2) is 6.15. The normalized spacial score (nSPS) is 22.2. The van der Waals surface area contributed by atoms with E-state index in [1.54, 1.807) is 16.4 Å². The molecule has 1 aromatic rings. The molecule has 1 saturated carbocycles. The van der Waals surface area contributed by atoms with E-state index >= 15 is 0 Å². The van der Waals surface area contributed by atoms with Gasteiger partial charge in [-0.25, -0.2) is 8.42 Å². The predicted molar refractivity (Wildman–Crippen MR) is 90.9 cm³/mol. The maximum absolute atomic E-state index is 12.7. The van der Waals surface area contributed by atoms with E-state index in [4.69, 9.17) is 0 Å². The first kappa shape index (κ1) is 16.1. The van der Waals surface area contributed by atoms with Gasteiger partial charge in [0.2, 0.25) is 15.9 Å². The largest absolute Gasteiger partial charge is 0.338 e. The van der Waals surface area contributed by atoms with Gasteiger partial charge in [-0.15, -0.1) is 0 Å². The lowest BCUT2D eigenvalue weighted by Crippen LogP contribution is -2.41. The van der Waals surface area contributed by atoms with Gasteiger partial charge in [0.25, 0.3) is 0 Å².